The van der Waals surface area contributed by atoms with Gasteiger partial charge in [-0.05, 0) is 31.5 Å². The number of ether oxygens (including phenoxy) is 1. The molecule has 0 aliphatic carbocycles. The molecule has 0 spiro atoms. The first-order valence-corrected chi connectivity index (χ1v) is 9.38. The number of nitrogens with zero attached hydrogens (tertiary/aromatic N) is 1. The van der Waals surface area contributed by atoms with E-state index in [0.29, 0.717) is 24.2 Å². The Labute approximate surface area is 140 Å². The minimum Gasteiger partial charge on any atom is -0.465 e. The molecule has 0 radical (unpaired) electrons. The average Bonchev–Trinajstić information content (AvgIpc) is 2.95. The van der Waals surface area contributed by atoms with Crippen LogP contribution >= 0.6 is 11.6 Å². The van der Waals surface area contributed by atoms with Crippen molar-refractivity contribution in [2.75, 3.05) is 23.5 Å². The largest absolute Gasteiger partial charge is 0.465 e. The number of sulfonamides is 1. The molecule has 2 rings (SSSR count). The first-order valence-electron chi connectivity index (χ1n) is 7.19. The first kappa shape index (κ1) is 17.6. The summed E-state index contributed by atoms with van der Waals surface area (Å²) in [5.41, 5.74) is 1.43. The number of carbonyl (C=O) groups is 1. The molecule has 0 saturated heterocycles. The minimum absolute atomic E-state index is 0.0745. The second-order valence-electron chi connectivity index (χ2n) is 5.01. The van der Waals surface area contributed by atoms with Gasteiger partial charge in [0, 0.05) is 24.0 Å². The summed E-state index contributed by atoms with van der Waals surface area (Å²) in [4.78, 5) is 11.8. The Morgan fingerprint density at radius 3 is 2.74 bits per heavy atom. The van der Waals surface area contributed by atoms with Crippen LogP contribution in [-0.2, 0) is 21.3 Å². The van der Waals surface area contributed by atoms with E-state index >= 15 is 0 Å². The average molecular weight is 359 g/mol. The number of carbonyl (C=O) groups excluding carboxylic acids is 1. The fraction of sp³-hybridized carbons (Fsp3) is 0.400. The molecule has 0 aliphatic rings. The van der Waals surface area contributed by atoms with E-state index in [4.69, 9.17) is 16.3 Å². The number of nitrogens with one attached hydrogen (secondary N) is 1. The van der Waals surface area contributed by atoms with Crippen molar-refractivity contribution in [2.45, 2.75) is 19.9 Å². The Bertz CT molecular complexity index is 814. The maximum absolute atomic E-state index is 12.1. The van der Waals surface area contributed by atoms with Crippen molar-refractivity contribution in [2.24, 2.45) is 0 Å². The van der Waals surface area contributed by atoms with Crippen LogP contribution in [0.15, 0.2) is 24.4 Å². The standard InChI is InChI=1S/C15H19ClN2O4S/c1-3-18-7-5-12-13(17-23(20,21)8-4-6-16)9-11(10-14(12)18)15(19)22-2/h5,7,9-10,17H,3-4,6,8H2,1-2H3. The van der Waals surface area contributed by atoms with Gasteiger partial charge in [-0.1, -0.05) is 0 Å². The van der Waals surface area contributed by atoms with Gasteiger partial charge in [0.2, 0.25) is 10.0 Å². The monoisotopic (exact) mass is 358 g/mol. The Morgan fingerprint density at radius 1 is 1.39 bits per heavy atom. The predicted molar refractivity (Wildman–Crippen MR) is 91.7 cm³/mol. The number of benzene rings is 1. The molecule has 1 aromatic heterocycles. The third-order valence-corrected chi connectivity index (χ3v) is 5.09. The molecule has 8 heteroatoms. The summed E-state index contributed by atoms with van der Waals surface area (Å²) in [6, 6.07) is 5.01. The molecule has 23 heavy (non-hydrogen) atoms. The highest BCUT2D eigenvalue weighted by Gasteiger charge is 2.17. The molecular weight excluding hydrogens is 340 g/mol. The van der Waals surface area contributed by atoms with Crippen LogP contribution < -0.4 is 4.72 Å². The Hall–Kier alpha value is -1.73. The highest BCUT2D eigenvalue weighted by Crippen LogP contribution is 2.28. The van der Waals surface area contributed by atoms with Crippen LogP contribution in [0.5, 0.6) is 0 Å². The molecule has 0 bridgehead atoms. The van der Waals surface area contributed by atoms with E-state index in [0.717, 1.165) is 10.9 Å². The van der Waals surface area contributed by atoms with Crippen molar-refractivity contribution >= 4 is 44.2 Å². The molecular formula is C15H19ClN2O4S. The van der Waals surface area contributed by atoms with Gasteiger partial charge in [-0.15, -0.1) is 11.6 Å². The van der Waals surface area contributed by atoms with E-state index in [1.54, 1.807) is 6.07 Å². The lowest BCUT2D eigenvalue weighted by Crippen LogP contribution is -2.17. The number of aromatic nitrogens is 1. The van der Waals surface area contributed by atoms with Gasteiger partial charge in [-0.25, -0.2) is 13.2 Å². The number of esters is 1. The Morgan fingerprint density at radius 2 is 2.13 bits per heavy atom. The Balaban J connectivity index is 2.53. The lowest BCUT2D eigenvalue weighted by atomic mass is 10.1. The second-order valence-corrected chi connectivity index (χ2v) is 7.23. The number of methoxy groups -OCH3 is 1. The summed E-state index contributed by atoms with van der Waals surface area (Å²) < 4.78 is 33.5. The number of halogens is 1. The van der Waals surface area contributed by atoms with Gasteiger partial charge < -0.3 is 9.30 Å². The lowest BCUT2D eigenvalue weighted by Gasteiger charge is -2.11. The molecule has 0 saturated carbocycles. The van der Waals surface area contributed by atoms with Crippen molar-refractivity contribution in [3.63, 3.8) is 0 Å². The van der Waals surface area contributed by atoms with Crippen molar-refractivity contribution in [3.8, 4) is 0 Å². The highest BCUT2D eigenvalue weighted by molar-refractivity contribution is 7.92. The summed E-state index contributed by atoms with van der Waals surface area (Å²) in [7, 11) is -2.24. The van der Waals surface area contributed by atoms with Crippen LogP contribution in [0, 0.1) is 0 Å². The zero-order chi connectivity index (χ0) is 17.0. The molecule has 1 N–H and O–H groups in total. The fourth-order valence-corrected chi connectivity index (χ4v) is 3.78. The van der Waals surface area contributed by atoms with Crippen molar-refractivity contribution in [1.29, 1.82) is 0 Å². The summed E-state index contributed by atoms with van der Waals surface area (Å²) >= 11 is 5.56. The lowest BCUT2D eigenvalue weighted by molar-refractivity contribution is 0.0601. The molecule has 1 aromatic carbocycles. The van der Waals surface area contributed by atoms with E-state index in [9.17, 15) is 13.2 Å². The molecule has 0 unspecified atom stereocenters. The van der Waals surface area contributed by atoms with E-state index in [-0.39, 0.29) is 11.6 Å². The van der Waals surface area contributed by atoms with Crippen LogP contribution in [0.3, 0.4) is 0 Å². The SMILES string of the molecule is CCn1ccc2c(NS(=O)(=O)CCCCl)cc(C(=O)OC)cc21. The van der Waals surface area contributed by atoms with E-state index in [1.807, 2.05) is 23.8 Å². The van der Waals surface area contributed by atoms with E-state index in [2.05, 4.69) is 4.72 Å². The number of fused-ring (bicyclic) bond motifs is 1. The van der Waals surface area contributed by atoms with Gasteiger partial charge in [0.1, 0.15) is 0 Å². The quantitative estimate of drug-likeness (QED) is 0.609. The van der Waals surface area contributed by atoms with Gasteiger partial charge in [-0.2, -0.15) is 0 Å². The van der Waals surface area contributed by atoms with Gasteiger partial charge in [-0.3, -0.25) is 4.72 Å². The molecule has 0 amide bonds. The number of rotatable bonds is 7. The molecule has 1 heterocycles. The Kier molecular flexibility index (Phi) is 5.54. The van der Waals surface area contributed by atoms with Crippen LogP contribution in [-0.4, -0.2) is 37.7 Å². The minimum atomic E-state index is -3.53. The topological polar surface area (TPSA) is 77.4 Å². The number of anilines is 1. The first-order chi connectivity index (χ1) is 10.9. The summed E-state index contributed by atoms with van der Waals surface area (Å²) in [6.07, 6.45) is 2.20. The zero-order valence-electron chi connectivity index (χ0n) is 13.0. The normalized spacial score (nSPS) is 11.6. The summed E-state index contributed by atoms with van der Waals surface area (Å²) in [5, 5.41) is 0.731. The van der Waals surface area contributed by atoms with Crippen LogP contribution in [0.4, 0.5) is 5.69 Å². The molecule has 2 aromatic rings. The van der Waals surface area contributed by atoms with Crippen molar-refractivity contribution < 1.29 is 17.9 Å². The maximum atomic E-state index is 12.1. The third-order valence-electron chi connectivity index (χ3n) is 3.46. The summed E-state index contributed by atoms with van der Waals surface area (Å²) in [5.74, 6) is -0.323. The fourth-order valence-electron chi connectivity index (χ4n) is 2.35. The third kappa shape index (κ3) is 3.97. The smallest absolute Gasteiger partial charge is 0.337 e. The predicted octanol–water partition coefficient (Wildman–Crippen LogP) is 2.82. The van der Waals surface area contributed by atoms with E-state index in [1.165, 1.54) is 13.2 Å². The van der Waals surface area contributed by atoms with Crippen LogP contribution in [0.25, 0.3) is 10.9 Å². The zero-order valence-corrected chi connectivity index (χ0v) is 14.6. The number of alkyl halides is 1. The molecule has 0 aliphatic heterocycles. The number of aryl methyl sites for hydroxylation is 1. The molecule has 126 valence electrons. The molecule has 6 nitrogen and oxygen atoms in total. The number of hydrogen-bond acceptors (Lipinski definition) is 4. The molecule has 0 fully saturated rings. The van der Waals surface area contributed by atoms with Crippen LogP contribution in [0.2, 0.25) is 0 Å². The molecule has 0 atom stereocenters. The maximum Gasteiger partial charge on any atom is 0.337 e. The van der Waals surface area contributed by atoms with Gasteiger partial charge in [0.05, 0.1) is 29.6 Å². The van der Waals surface area contributed by atoms with Gasteiger partial charge in [0.25, 0.3) is 0 Å². The van der Waals surface area contributed by atoms with E-state index < -0.39 is 16.0 Å². The second kappa shape index (κ2) is 7.23. The summed E-state index contributed by atoms with van der Waals surface area (Å²) in [6.45, 7) is 2.67. The number of hydrogen-bond donors (Lipinski definition) is 1. The van der Waals surface area contributed by atoms with Gasteiger partial charge >= 0.3 is 5.97 Å². The highest BCUT2D eigenvalue weighted by atomic mass is 35.5. The van der Waals surface area contributed by atoms with Crippen molar-refractivity contribution in [3.05, 3.63) is 30.0 Å². The van der Waals surface area contributed by atoms with Crippen molar-refractivity contribution in [1.82, 2.24) is 4.57 Å². The van der Waals surface area contributed by atoms with Gasteiger partial charge in [0.15, 0.2) is 0 Å². The van der Waals surface area contributed by atoms with Crippen LogP contribution in [0.1, 0.15) is 23.7 Å².